The van der Waals surface area contributed by atoms with Gasteiger partial charge < -0.3 is 0 Å². The third-order valence-corrected chi connectivity index (χ3v) is 2.83. The Kier molecular flexibility index (Phi) is 3.53. The van der Waals surface area contributed by atoms with Gasteiger partial charge in [0.25, 0.3) is 0 Å². The van der Waals surface area contributed by atoms with Gasteiger partial charge in [0.1, 0.15) is 6.10 Å². The highest BCUT2D eigenvalue weighted by Crippen LogP contribution is 2.26. The first kappa shape index (κ1) is 9.99. The zero-order valence-electron chi connectivity index (χ0n) is 6.55. The maximum absolute atomic E-state index is 5.81. The molecule has 2 nitrogen and oxygen atoms in total. The SMILES string of the molecule is CC(ON)c1ccc(Cl)c(Br)c1. The molecule has 0 bridgehead atoms. The smallest absolute Gasteiger partial charge is 0.101 e. The maximum atomic E-state index is 5.81. The van der Waals surface area contributed by atoms with Crippen molar-refractivity contribution in [3.63, 3.8) is 0 Å². The lowest BCUT2D eigenvalue weighted by molar-refractivity contribution is 0.0664. The number of rotatable bonds is 2. The minimum Gasteiger partial charge on any atom is -0.297 e. The van der Waals surface area contributed by atoms with Crippen LogP contribution in [0.1, 0.15) is 18.6 Å². The highest BCUT2D eigenvalue weighted by atomic mass is 79.9. The highest BCUT2D eigenvalue weighted by molar-refractivity contribution is 9.10. The van der Waals surface area contributed by atoms with Gasteiger partial charge in [0, 0.05) is 4.47 Å². The van der Waals surface area contributed by atoms with Crippen LogP contribution in [0, 0.1) is 0 Å². The van der Waals surface area contributed by atoms with Crippen molar-refractivity contribution in [2.24, 2.45) is 5.90 Å². The molecule has 12 heavy (non-hydrogen) atoms. The van der Waals surface area contributed by atoms with Crippen molar-refractivity contribution in [1.82, 2.24) is 0 Å². The molecule has 0 aliphatic rings. The van der Waals surface area contributed by atoms with Crippen LogP contribution in [0.4, 0.5) is 0 Å². The highest BCUT2D eigenvalue weighted by Gasteiger charge is 2.05. The van der Waals surface area contributed by atoms with Crippen LogP contribution < -0.4 is 5.90 Å². The molecule has 0 radical (unpaired) electrons. The summed E-state index contributed by atoms with van der Waals surface area (Å²) in [5.41, 5.74) is 0.994. The predicted molar refractivity (Wildman–Crippen MR) is 52.8 cm³/mol. The van der Waals surface area contributed by atoms with Gasteiger partial charge in [-0.25, -0.2) is 5.90 Å². The molecular weight excluding hydrogens is 241 g/mol. The van der Waals surface area contributed by atoms with Crippen LogP contribution in [0.5, 0.6) is 0 Å². The second-order valence-electron chi connectivity index (χ2n) is 2.45. The van der Waals surface area contributed by atoms with E-state index >= 15 is 0 Å². The van der Waals surface area contributed by atoms with Gasteiger partial charge in [0.05, 0.1) is 5.02 Å². The van der Waals surface area contributed by atoms with Gasteiger partial charge in [-0.2, -0.15) is 0 Å². The molecule has 0 aliphatic carbocycles. The monoisotopic (exact) mass is 249 g/mol. The molecule has 1 rings (SSSR count). The van der Waals surface area contributed by atoms with E-state index in [1.165, 1.54) is 0 Å². The Morgan fingerprint density at radius 3 is 2.75 bits per heavy atom. The van der Waals surface area contributed by atoms with E-state index in [9.17, 15) is 0 Å². The second-order valence-corrected chi connectivity index (χ2v) is 3.71. The first-order chi connectivity index (χ1) is 5.65. The quantitative estimate of drug-likeness (QED) is 0.819. The van der Waals surface area contributed by atoms with Crippen LogP contribution in [0.15, 0.2) is 22.7 Å². The Morgan fingerprint density at radius 1 is 1.58 bits per heavy atom. The molecule has 1 unspecified atom stereocenters. The number of hydrogen-bond acceptors (Lipinski definition) is 2. The van der Waals surface area contributed by atoms with E-state index in [2.05, 4.69) is 20.8 Å². The molecule has 4 heteroatoms. The van der Waals surface area contributed by atoms with Crippen LogP contribution in [0.25, 0.3) is 0 Å². The molecule has 0 spiro atoms. The summed E-state index contributed by atoms with van der Waals surface area (Å²) in [5, 5.41) is 0.683. The Hall–Kier alpha value is -0.0900. The molecule has 1 aromatic carbocycles. The number of nitrogens with two attached hydrogens (primary N) is 1. The molecule has 1 aromatic rings. The summed E-state index contributed by atoms with van der Waals surface area (Å²) in [6, 6.07) is 5.57. The Morgan fingerprint density at radius 2 is 2.25 bits per heavy atom. The number of benzene rings is 1. The van der Waals surface area contributed by atoms with Crippen molar-refractivity contribution in [1.29, 1.82) is 0 Å². The molecular formula is C8H9BrClNO. The first-order valence-electron chi connectivity index (χ1n) is 3.45. The molecule has 66 valence electrons. The fraction of sp³-hybridized carbons (Fsp3) is 0.250. The number of hydrogen-bond donors (Lipinski definition) is 1. The third kappa shape index (κ3) is 2.20. The molecule has 2 N–H and O–H groups in total. The van der Waals surface area contributed by atoms with E-state index in [1.807, 2.05) is 19.1 Å². The van der Waals surface area contributed by atoms with Crippen molar-refractivity contribution in [3.05, 3.63) is 33.3 Å². The molecule has 0 saturated heterocycles. The first-order valence-corrected chi connectivity index (χ1v) is 4.62. The van der Waals surface area contributed by atoms with Gasteiger partial charge in [-0.05, 0) is 40.5 Å². The van der Waals surface area contributed by atoms with Gasteiger partial charge in [-0.3, -0.25) is 4.84 Å². The average molecular weight is 251 g/mol. The van der Waals surface area contributed by atoms with Crippen LogP contribution in [-0.2, 0) is 4.84 Å². The topological polar surface area (TPSA) is 35.2 Å². The maximum Gasteiger partial charge on any atom is 0.101 e. The summed E-state index contributed by atoms with van der Waals surface area (Å²) in [6.07, 6.45) is -0.112. The van der Waals surface area contributed by atoms with E-state index in [-0.39, 0.29) is 6.10 Å². The lowest BCUT2D eigenvalue weighted by Crippen LogP contribution is -2.05. The second kappa shape index (κ2) is 4.23. The lowest BCUT2D eigenvalue weighted by atomic mass is 10.1. The zero-order chi connectivity index (χ0) is 9.14. The third-order valence-electron chi connectivity index (χ3n) is 1.62. The van der Waals surface area contributed by atoms with Crippen LogP contribution in [-0.4, -0.2) is 0 Å². The van der Waals surface area contributed by atoms with Gasteiger partial charge in [0.2, 0.25) is 0 Å². The number of halogens is 2. The minimum absolute atomic E-state index is 0.112. The van der Waals surface area contributed by atoms with E-state index in [0.29, 0.717) is 5.02 Å². The van der Waals surface area contributed by atoms with Crippen molar-refractivity contribution in [2.75, 3.05) is 0 Å². The standard InChI is InChI=1S/C8H9BrClNO/c1-5(12-11)6-2-3-8(10)7(9)4-6/h2-5H,11H2,1H3. The van der Waals surface area contributed by atoms with Gasteiger partial charge >= 0.3 is 0 Å². The van der Waals surface area contributed by atoms with E-state index < -0.39 is 0 Å². The summed E-state index contributed by atoms with van der Waals surface area (Å²) in [4.78, 5) is 4.67. The minimum atomic E-state index is -0.112. The zero-order valence-corrected chi connectivity index (χ0v) is 8.89. The molecule has 0 saturated carbocycles. The normalized spacial score (nSPS) is 13.0. The summed E-state index contributed by atoms with van der Waals surface area (Å²) in [5.74, 6) is 5.04. The molecule has 1 atom stereocenters. The fourth-order valence-corrected chi connectivity index (χ4v) is 1.36. The van der Waals surface area contributed by atoms with Gasteiger partial charge in [0.15, 0.2) is 0 Å². The molecule has 0 aromatic heterocycles. The predicted octanol–water partition coefficient (Wildman–Crippen LogP) is 3.05. The van der Waals surface area contributed by atoms with E-state index in [0.717, 1.165) is 10.0 Å². The molecule has 0 fully saturated rings. The van der Waals surface area contributed by atoms with Gasteiger partial charge in [-0.15, -0.1) is 0 Å². The summed E-state index contributed by atoms with van der Waals surface area (Å²) in [6.45, 7) is 1.87. The van der Waals surface area contributed by atoms with Crippen LogP contribution in [0.2, 0.25) is 5.02 Å². The van der Waals surface area contributed by atoms with Crippen molar-refractivity contribution in [3.8, 4) is 0 Å². The van der Waals surface area contributed by atoms with E-state index in [1.54, 1.807) is 6.07 Å². The van der Waals surface area contributed by atoms with Crippen LogP contribution in [0.3, 0.4) is 0 Å². The average Bonchev–Trinajstić information content (AvgIpc) is 2.08. The molecule has 0 amide bonds. The fourth-order valence-electron chi connectivity index (χ4n) is 0.844. The van der Waals surface area contributed by atoms with Crippen LogP contribution >= 0.6 is 27.5 Å². The van der Waals surface area contributed by atoms with Crippen molar-refractivity contribution >= 4 is 27.5 Å². The summed E-state index contributed by atoms with van der Waals surface area (Å²) < 4.78 is 0.852. The Bertz CT molecular complexity index is 280. The summed E-state index contributed by atoms with van der Waals surface area (Å²) >= 11 is 9.12. The Labute approximate surface area is 84.7 Å². The van der Waals surface area contributed by atoms with E-state index in [4.69, 9.17) is 17.5 Å². The van der Waals surface area contributed by atoms with Crippen molar-refractivity contribution < 1.29 is 4.84 Å². The van der Waals surface area contributed by atoms with Crippen molar-refractivity contribution in [2.45, 2.75) is 13.0 Å². The molecule has 0 aliphatic heterocycles. The lowest BCUT2D eigenvalue weighted by Gasteiger charge is -2.09. The van der Waals surface area contributed by atoms with Gasteiger partial charge in [-0.1, -0.05) is 17.7 Å². The largest absolute Gasteiger partial charge is 0.297 e. The summed E-state index contributed by atoms with van der Waals surface area (Å²) in [7, 11) is 0. The molecule has 0 heterocycles. The Balaban J connectivity index is 2.96.